The minimum Gasteiger partial charge on any atom is -0.335 e. The molecule has 0 unspecified atom stereocenters. The number of hydrogen-bond donors (Lipinski definition) is 1. The Morgan fingerprint density at radius 1 is 1.05 bits per heavy atom. The maximum atomic E-state index is 11.9. The van der Waals surface area contributed by atoms with Gasteiger partial charge in [0.05, 0.1) is 16.1 Å². The second-order valence-electron chi connectivity index (χ2n) is 4.26. The third-order valence-corrected chi connectivity index (χ3v) is 3.32. The molecule has 0 bridgehead atoms. The van der Waals surface area contributed by atoms with E-state index in [1.807, 2.05) is 0 Å². The van der Waals surface area contributed by atoms with Gasteiger partial charge >= 0.3 is 5.97 Å². The van der Waals surface area contributed by atoms with Gasteiger partial charge < -0.3 is 4.84 Å². The van der Waals surface area contributed by atoms with E-state index in [-0.39, 0.29) is 10.6 Å². The number of rotatable bonds is 2. The van der Waals surface area contributed by atoms with E-state index in [1.54, 1.807) is 31.2 Å². The molecule has 4 nitrogen and oxygen atoms in total. The molecule has 2 rings (SSSR count). The molecular weight excluding hydrogens is 313 g/mol. The van der Waals surface area contributed by atoms with E-state index in [9.17, 15) is 9.59 Å². The van der Waals surface area contributed by atoms with Crippen LogP contribution < -0.4 is 5.48 Å². The minimum absolute atomic E-state index is 0.165. The van der Waals surface area contributed by atoms with E-state index in [0.29, 0.717) is 10.6 Å². The van der Waals surface area contributed by atoms with Gasteiger partial charge in [-0.15, -0.1) is 0 Å². The molecule has 0 atom stereocenters. The van der Waals surface area contributed by atoms with Gasteiger partial charge in [0.1, 0.15) is 0 Å². The first kappa shape index (κ1) is 15.4. The van der Waals surface area contributed by atoms with Gasteiger partial charge in [-0.3, -0.25) is 4.79 Å². The van der Waals surface area contributed by atoms with Crippen molar-refractivity contribution in [2.75, 3.05) is 0 Å². The minimum atomic E-state index is -0.647. The molecule has 1 N–H and O–H groups in total. The molecule has 0 saturated carbocycles. The molecular formula is C15H11Cl2NO3. The van der Waals surface area contributed by atoms with Crippen molar-refractivity contribution in [3.05, 3.63) is 69.2 Å². The number of aryl methyl sites for hydroxylation is 1. The lowest BCUT2D eigenvalue weighted by Gasteiger charge is -2.08. The van der Waals surface area contributed by atoms with Crippen molar-refractivity contribution in [2.45, 2.75) is 6.92 Å². The number of hydroxylamine groups is 1. The van der Waals surface area contributed by atoms with E-state index < -0.39 is 11.9 Å². The molecule has 0 saturated heterocycles. The summed E-state index contributed by atoms with van der Waals surface area (Å²) < 4.78 is 0. The second-order valence-corrected chi connectivity index (χ2v) is 5.10. The predicted octanol–water partition coefficient (Wildman–Crippen LogP) is 3.80. The van der Waals surface area contributed by atoms with Gasteiger partial charge in [-0.2, -0.15) is 5.48 Å². The molecule has 2 aromatic rings. The predicted molar refractivity (Wildman–Crippen MR) is 80.5 cm³/mol. The Morgan fingerprint density at radius 3 is 2.43 bits per heavy atom. The summed E-state index contributed by atoms with van der Waals surface area (Å²) in [6, 6.07) is 11.3. The molecule has 0 heterocycles. The van der Waals surface area contributed by atoms with Crippen LogP contribution in [0.15, 0.2) is 42.5 Å². The van der Waals surface area contributed by atoms with Gasteiger partial charge in [0.25, 0.3) is 5.91 Å². The first-order valence-corrected chi connectivity index (χ1v) is 6.77. The van der Waals surface area contributed by atoms with Gasteiger partial charge in [0.2, 0.25) is 0 Å². The van der Waals surface area contributed by atoms with Gasteiger partial charge in [0.15, 0.2) is 0 Å². The summed E-state index contributed by atoms with van der Waals surface area (Å²) in [4.78, 5) is 28.5. The van der Waals surface area contributed by atoms with Crippen LogP contribution in [-0.4, -0.2) is 11.9 Å². The van der Waals surface area contributed by atoms with Crippen LogP contribution in [0.4, 0.5) is 0 Å². The number of carbonyl (C=O) groups excluding carboxylic acids is 2. The van der Waals surface area contributed by atoms with Crippen molar-refractivity contribution < 1.29 is 14.4 Å². The monoisotopic (exact) mass is 323 g/mol. The van der Waals surface area contributed by atoms with Crippen LogP contribution in [0.3, 0.4) is 0 Å². The van der Waals surface area contributed by atoms with Crippen LogP contribution in [0.5, 0.6) is 0 Å². The highest BCUT2D eigenvalue weighted by atomic mass is 35.5. The van der Waals surface area contributed by atoms with E-state index in [2.05, 4.69) is 5.48 Å². The molecule has 21 heavy (non-hydrogen) atoms. The number of halogens is 2. The smallest absolute Gasteiger partial charge is 0.335 e. The fourth-order valence-electron chi connectivity index (χ4n) is 1.68. The molecule has 6 heteroatoms. The third kappa shape index (κ3) is 3.74. The van der Waals surface area contributed by atoms with Crippen molar-refractivity contribution in [3.63, 3.8) is 0 Å². The normalized spacial score (nSPS) is 10.0. The van der Waals surface area contributed by atoms with Crippen molar-refractivity contribution in [1.29, 1.82) is 0 Å². The van der Waals surface area contributed by atoms with Gasteiger partial charge in [-0.1, -0.05) is 41.4 Å². The average molecular weight is 324 g/mol. The van der Waals surface area contributed by atoms with E-state index in [1.165, 1.54) is 18.2 Å². The standard InChI is InChI=1S/C15H11Cl2NO3/c1-9-4-2-3-5-11(9)15(20)21-18-14(19)12-7-6-10(16)8-13(12)17/h2-8H,1H3,(H,18,19). The number of hydrogen-bond acceptors (Lipinski definition) is 3. The average Bonchev–Trinajstić information content (AvgIpc) is 2.45. The molecule has 0 aliphatic heterocycles. The summed E-state index contributed by atoms with van der Waals surface area (Å²) in [6.07, 6.45) is 0. The Hall–Kier alpha value is -2.04. The molecule has 108 valence electrons. The molecule has 0 radical (unpaired) electrons. The van der Waals surface area contributed by atoms with E-state index >= 15 is 0 Å². The first-order valence-electron chi connectivity index (χ1n) is 6.01. The van der Waals surface area contributed by atoms with E-state index in [4.69, 9.17) is 28.0 Å². The van der Waals surface area contributed by atoms with Crippen LogP contribution in [0.2, 0.25) is 10.0 Å². The summed E-state index contributed by atoms with van der Waals surface area (Å²) in [5.41, 5.74) is 3.36. The van der Waals surface area contributed by atoms with E-state index in [0.717, 1.165) is 5.56 Å². The molecule has 1 amide bonds. The molecule has 0 aliphatic rings. The number of benzene rings is 2. The highest BCUT2D eigenvalue weighted by Crippen LogP contribution is 2.20. The molecule has 0 aliphatic carbocycles. The summed E-state index contributed by atoms with van der Waals surface area (Å²) in [5.74, 6) is -1.27. The lowest BCUT2D eigenvalue weighted by Crippen LogP contribution is -2.27. The third-order valence-electron chi connectivity index (χ3n) is 2.78. The Kier molecular flexibility index (Phi) is 4.83. The van der Waals surface area contributed by atoms with Crippen molar-refractivity contribution >= 4 is 35.1 Å². The lowest BCUT2D eigenvalue weighted by atomic mass is 10.1. The fourth-order valence-corrected chi connectivity index (χ4v) is 2.17. The lowest BCUT2D eigenvalue weighted by molar-refractivity contribution is 0.0229. The Labute approximate surface area is 131 Å². The SMILES string of the molecule is Cc1ccccc1C(=O)ONC(=O)c1ccc(Cl)cc1Cl. The summed E-state index contributed by atoms with van der Waals surface area (Å²) in [5, 5.41) is 0.584. The molecule has 0 aromatic heterocycles. The van der Waals surface area contributed by atoms with Crippen LogP contribution >= 0.6 is 23.2 Å². The Bertz CT molecular complexity index is 701. The molecule has 0 spiro atoms. The van der Waals surface area contributed by atoms with Crippen molar-refractivity contribution in [3.8, 4) is 0 Å². The Balaban J connectivity index is 2.04. The van der Waals surface area contributed by atoms with Gasteiger partial charge in [-0.25, -0.2) is 4.79 Å². The first-order chi connectivity index (χ1) is 9.99. The summed E-state index contributed by atoms with van der Waals surface area (Å²) in [6.45, 7) is 1.77. The van der Waals surface area contributed by atoms with Crippen LogP contribution in [-0.2, 0) is 4.84 Å². The van der Waals surface area contributed by atoms with Gasteiger partial charge in [-0.05, 0) is 36.8 Å². The summed E-state index contributed by atoms with van der Waals surface area (Å²) in [7, 11) is 0. The zero-order valence-electron chi connectivity index (χ0n) is 11.0. The Morgan fingerprint density at radius 2 is 1.76 bits per heavy atom. The number of amides is 1. The second kappa shape index (κ2) is 6.61. The number of carbonyl (C=O) groups is 2. The molecule has 0 fully saturated rings. The van der Waals surface area contributed by atoms with Crippen LogP contribution in [0, 0.1) is 6.92 Å². The maximum absolute atomic E-state index is 11.9. The van der Waals surface area contributed by atoms with Gasteiger partial charge in [0, 0.05) is 5.02 Å². The zero-order chi connectivity index (χ0) is 15.4. The largest absolute Gasteiger partial charge is 0.363 e. The fraction of sp³-hybridized carbons (Fsp3) is 0.0667. The van der Waals surface area contributed by atoms with Crippen molar-refractivity contribution in [1.82, 2.24) is 5.48 Å². The highest BCUT2D eigenvalue weighted by molar-refractivity contribution is 6.36. The van der Waals surface area contributed by atoms with Crippen molar-refractivity contribution in [2.24, 2.45) is 0 Å². The highest BCUT2D eigenvalue weighted by Gasteiger charge is 2.15. The summed E-state index contributed by atoms with van der Waals surface area (Å²) >= 11 is 11.6. The maximum Gasteiger partial charge on any atom is 0.363 e. The number of nitrogens with one attached hydrogen (secondary N) is 1. The quantitative estimate of drug-likeness (QED) is 0.855. The topological polar surface area (TPSA) is 55.4 Å². The zero-order valence-corrected chi connectivity index (χ0v) is 12.5. The molecule has 2 aromatic carbocycles. The van der Waals surface area contributed by atoms with Crippen LogP contribution in [0.25, 0.3) is 0 Å². The van der Waals surface area contributed by atoms with Crippen LogP contribution in [0.1, 0.15) is 26.3 Å².